The van der Waals surface area contributed by atoms with Crippen molar-refractivity contribution in [1.82, 2.24) is 20.2 Å². The zero-order valence-corrected chi connectivity index (χ0v) is 12.0. The van der Waals surface area contributed by atoms with Gasteiger partial charge in [0, 0.05) is 24.2 Å². The molecule has 0 saturated carbocycles. The predicted molar refractivity (Wildman–Crippen MR) is 71.5 cm³/mol. The molecule has 3 aromatic rings. The molecule has 0 spiro atoms. The summed E-state index contributed by atoms with van der Waals surface area (Å²) in [5.41, 5.74) is 0. The Kier molecular flexibility index (Phi) is 3.39. The van der Waals surface area contributed by atoms with Crippen LogP contribution < -0.4 is 0 Å². The van der Waals surface area contributed by atoms with Gasteiger partial charge in [0.05, 0.1) is 9.35 Å². The zero-order chi connectivity index (χ0) is 12.4. The smallest absolute Gasteiger partial charge is 0.284 e. The number of nitrogens with zero attached hydrogens (tertiary/aromatic N) is 4. The molecule has 90 valence electrons. The van der Waals surface area contributed by atoms with E-state index in [9.17, 15) is 0 Å². The van der Waals surface area contributed by atoms with Crippen LogP contribution in [0.15, 0.2) is 49.2 Å². The molecule has 0 bridgehead atoms. The van der Waals surface area contributed by atoms with Crippen molar-refractivity contribution in [2.75, 3.05) is 0 Å². The van der Waals surface area contributed by atoms with Crippen LogP contribution in [0.1, 0.15) is 0 Å². The molecule has 0 aromatic carbocycles. The highest BCUT2D eigenvalue weighted by Crippen LogP contribution is 2.28. The first kappa shape index (κ1) is 11.8. The Bertz CT molecular complexity index is 638. The van der Waals surface area contributed by atoms with Crippen LogP contribution in [0.5, 0.6) is 0 Å². The topological polar surface area (TPSA) is 64.7 Å². The van der Waals surface area contributed by atoms with Crippen molar-refractivity contribution in [2.45, 2.75) is 10.4 Å². The summed E-state index contributed by atoms with van der Waals surface area (Å²) in [6.45, 7) is 0. The van der Waals surface area contributed by atoms with Gasteiger partial charge >= 0.3 is 0 Å². The number of hydrogen-bond donors (Lipinski definition) is 0. The lowest BCUT2D eigenvalue weighted by atomic mass is 10.5. The minimum absolute atomic E-state index is 0.431. The van der Waals surface area contributed by atoms with Gasteiger partial charge in [-0.05, 0) is 27.4 Å². The van der Waals surface area contributed by atoms with E-state index in [4.69, 9.17) is 4.42 Å². The maximum absolute atomic E-state index is 5.52. The van der Waals surface area contributed by atoms with Gasteiger partial charge in [-0.25, -0.2) is 9.97 Å². The van der Waals surface area contributed by atoms with Crippen LogP contribution in [0, 0.1) is 0 Å². The van der Waals surface area contributed by atoms with E-state index in [1.54, 1.807) is 23.7 Å². The van der Waals surface area contributed by atoms with Crippen LogP contribution in [0.4, 0.5) is 0 Å². The Balaban J connectivity index is 1.80. The van der Waals surface area contributed by atoms with Gasteiger partial charge in [-0.2, -0.15) is 0 Å². The molecule has 0 saturated heterocycles. The third-order valence-electron chi connectivity index (χ3n) is 1.91. The predicted octanol–water partition coefficient (Wildman–Crippen LogP) is 3.50. The third-order valence-corrected chi connectivity index (χ3v) is 3.91. The Morgan fingerprint density at radius 1 is 1.22 bits per heavy atom. The van der Waals surface area contributed by atoms with Gasteiger partial charge in [-0.3, -0.25) is 0 Å². The molecule has 5 nitrogen and oxygen atoms in total. The molecule has 0 amide bonds. The first-order valence-electron chi connectivity index (χ1n) is 4.84. The number of hydrogen-bond acceptors (Lipinski definition) is 7. The van der Waals surface area contributed by atoms with Gasteiger partial charge in [0.15, 0.2) is 5.16 Å². The molecule has 3 heterocycles. The van der Waals surface area contributed by atoms with Crippen molar-refractivity contribution < 1.29 is 4.42 Å². The summed E-state index contributed by atoms with van der Waals surface area (Å²) in [4.78, 5) is 9.20. The van der Waals surface area contributed by atoms with E-state index in [2.05, 4.69) is 36.1 Å². The molecular formula is C10H5BrN4OS2. The second kappa shape index (κ2) is 5.17. The second-order valence-corrected chi connectivity index (χ2v) is 5.92. The molecule has 18 heavy (non-hydrogen) atoms. The highest BCUT2D eigenvalue weighted by atomic mass is 79.9. The van der Waals surface area contributed by atoms with Crippen molar-refractivity contribution in [3.05, 3.63) is 34.4 Å². The minimum Gasteiger partial charge on any atom is -0.410 e. The fourth-order valence-electron chi connectivity index (χ4n) is 1.18. The summed E-state index contributed by atoms with van der Waals surface area (Å²) in [7, 11) is 0. The molecule has 3 rings (SSSR count). The maximum Gasteiger partial charge on any atom is 0.284 e. The summed E-state index contributed by atoms with van der Waals surface area (Å²) in [6.07, 6.45) is 3.35. The van der Waals surface area contributed by atoms with Crippen LogP contribution in [0.3, 0.4) is 0 Å². The fraction of sp³-hybridized carbons (Fsp3) is 0. The van der Waals surface area contributed by atoms with Crippen LogP contribution in [0.2, 0.25) is 0 Å². The molecule has 0 radical (unpaired) electrons. The van der Waals surface area contributed by atoms with E-state index < -0.39 is 0 Å². The lowest BCUT2D eigenvalue weighted by Crippen LogP contribution is -1.84. The lowest BCUT2D eigenvalue weighted by molar-refractivity contribution is 0.466. The molecule has 0 unspecified atom stereocenters. The maximum atomic E-state index is 5.52. The lowest BCUT2D eigenvalue weighted by Gasteiger charge is -1.93. The first-order valence-corrected chi connectivity index (χ1v) is 7.33. The quantitative estimate of drug-likeness (QED) is 0.680. The van der Waals surface area contributed by atoms with Crippen LogP contribution in [-0.4, -0.2) is 20.2 Å². The summed E-state index contributed by atoms with van der Waals surface area (Å²) in [5, 5.41) is 10.9. The molecule has 3 aromatic heterocycles. The van der Waals surface area contributed by atoms with Crippen LogP contribution in [0.25, 0.3) is 10.8 Å². The normalized spacial score (nSPS) is 10.7. The number of halogens is 1. The van der Waals surface area contributed by atoms with E-state index in [1.165, 1.54) is 11.8 Å². The Hall–Kier alpha value is -1.25. The Labute approximate surface area is 119 Å². The van der Waals surface area contributed by atoms with Crippen LogP contribution >= 0.6 is 39.0 Å². The molecule has 0 aliphatic heterocycles. The highest BCUT2D eigenvalue weighted by Gasteiger charge is 2.11. The van der Waals surface area contributed by atoms with E-state index in [1.807, 2.05) is 17.5 Å². The van der Waals surface area contributed by atoms with E-state index in [-0.39, 0.29) is 0 Å². The number of thiophene rings is 1. The molecule has 0 aliphatic carbocycles. The van der Waals surface area contributed by atoms with E-state index in [0.29, 0.717) is 16.3 Å². The van der Waals surface area contributed by atoms with Gasteiger partial charge < -0.3 is 4.42 Å². The molecule has 0 atom stereocenters. The standard InChI is InChI=1S/C10H5BrN4OS2/c11-6-4-12-9(13-5-6)18-10-15-14-8(16-10)7-2-1-3-17-7/h1-5H. The number of aromatic nitrogens is 4. The SMILES string of the molecule is Brc1cnc(Sc2nnc(-c3cccs3)o2)nc1. The molecule has 0 fully saturated rings. The Morgan fingerprint density at radius 2 is 2.06 bits per heavy atom. The summed E-state index contributed by atoms with van der Waals surface area (Å²) < 4.78 is 6.35. The van der Waals surface area contributed by atoms with Crippen molar-refractivity contribution in [3.8, 4) is 10.8 Å². The first-order chi connectivity index (χ1) is 8.81. The van der Waals surface area contributed by atoms with Gasteiger partial charge in [0.2, 0.25) is 0 Å². The van der Waals surface area contributed by atoms with Crippen LogP contribution in [-0.2, 0) is 0 Å². The summed E-state index contributed by atoms with van der Waals surface area (Å²) in [6, 6.07) is 3.87. The molecule has 8 heteroatoms. The van der Waals surface area contributed by atoms with Gasteiger partial charge in [-0.1, -0.05) is 6.07 Å². The van der Waals surface area contributed by atoms with Gasteiger partial charge in [0.1, 0.15) is 0 Å². The van der Waals surface area contributed by atoms with Gasteiger partial charge in [-0.15, -0.1) is 21.5 Å². The number of rotatable bonds is 3. The van der Waals surface area contributed by atoms with Crippen molar-refractivity contribution in [2.24, 2.45) is 0 Å². The van der Waals surface area contributed by atoms with Crippen molar-refractivity contribution >= 4 is 39.0 Å². The minimum atomic E-state index is 0.431. The highest BCUT2D eigenvalue weighted by molar-refractivity contribution is 9.10. The summed E-state index contributed by atoms with van der Waals surface area (Å²) >= 11 is 6.07. The van der Waals surface area contributed by atoms with Crippen molar-refractivity contribution in [1.29, 1.82) is 0 Å². The third kappa shape index (κ3) is 2.60. The van der Waals surface area contributed by atoms with Gasteiger partial charge in [0.25, 0.3) is 11.1 Å². The van der Waals surface area contributed by atoms with E-state index >= 15 is 0 Å². The van der Waals surface area contributed by atoms with E-state index in [0.717, 1.165) is 9.35 Å². The average molecular weight is 341 g/mol. The zero-order valence-electron chi connectivity index (χ0n) is 8.78. The molecular weight excluding hydrogens is 336 g/mol. The fourth-order valence-corrected chi connectivity index (χ4v) is 2.60. The van der Waals surface area contributed by atoms with Crippen molar-refractivity contribution in [3.63, 3.8) is 0 Å². The second-order valence-electron chi connectivity index (χ2n) is 3.14. The molecule has 0 aliphatic rings. The molecule has 0 N–H and O–H groups in total. The summed E-state index contributed by atoms with van der Waals surface area (Å²) in [5.74, 6) is 0.518. The largest absolute Gasteiger partial charge is 0.410 e. The monoisotopic (exact) mass is 340 g/mol. The average Bonchev–Trinajstić information content (AvgIpc) is 3.02. The Morgan fingerprint density at radius 3 is 2.78 bits per heavy atom.